The second-order valence-electron chi connectivity index (χ2n) is 3.98. The lowest BCUT2D eigenvalue weighted by molar-refractivity contribution is -0.143. The zero-order valence-corrected chi connectivity index (χ0v) is 9.74. The Morgan fingerprint density at radius 1 is 1.56 bits per heavy atom. The van der Waals surface area contributed by atoms with E-state index in [2.05, 4.69) is 5.32 Å². The van der Waals surface area contributed by atoms with Gasteiger partial charge in [0.2, 0.25) is 11.8 Å². The Balaban J connectivity index is 2.48. The zero-order valence-electron chi connectivity index (χ0n) is 9.74. The molecular weight excluding hydrogens is 208 g/mol. The molecule has 1 aliphatic heterocycles. The number of rotatable bonds is 5. The number of nitrogens with one attached hydrogen (secondary N) is 1. The molecule has 1 rings (SSSR count). The highest BCUT2D eigenvalue weighted by Gasteiger charge is 2.30. The van der Waals surface area contributed by atoms with Crippen molar-refractivity contribution in [1.82, 2.24) is 10.2 Å². The molecule has 1 saturated heterocycles. The molecular formula is C11H20N2O3. The Hall–Kier alpha value is -1.10. The Bertz CT molecular complexity index is 256. The highest BCUT2D eigenvalue weighted by Crippen LogP contribution is 2.11. The molecule has 2 N–H and O–H groups in total. The van der Waals surface area contributed by atoms with E-state index in [0.29, 0.717) is 38.8 Å². The fraction of sp³-hybridized carbons (Fsp3) is 0.818. The minimum Gasteiger partial charge on any atom is -0.396 e. The number of aliphatic hydroxyl groups is 1. The standard InChI is InChI=1S/C11H20N2O3/c1-2-9-11(16)12-6-7-13(9)10(15)5-3-4-8-14/h9,14H,2-8H2,1H3,(H,12,16). The molecule has 92 valence electrons. The minimum absolute atomic E-state index is 0.0233. The predicted molar refractivity (Wildman–Crippen MR) is 59.7 cm³/mol. The molecule has 0 bridgehead atoms. The van der Waals surface area contributed by atoms with Crippen molar-refractivity contribution in [3.63, 3.8) is 0 Å². The lowest BCUT2D eigenvalue weighted by Gasteiger charge is -2.34. The van der Waals surface area contributed by atoms with E-state index in [1.54, 1.807) is 4.90 Å². The number of unbranched alkanes of at least 4 members (excludes halogenated alkanes) is 1. The van der Waals surface area contributed by atoms with Crippen LogP contribution in [0.25, 0.3) is 0 Å². The second kappa shape index (κ2) is 6.48. The fourth-order valence-corrected chi connectivity index (χ4v) is 1.95. The quantitative estimate of drug-likeness (QED) is 0.645. The van der Waals surface area contributed by atoms with E-state index in [0.717, 1.165) is 0 Å². The summed E-state index contributed by atoms with van der Waals surface area (Å²) in [7, 11) is 0. The average Bonchev–Trinajstić information content (AvgIpc) is 2.29. The van der Waals surface area contributed by atoms with Gasteiger partial charge in [0.1, 0.15) is 6.04 Å². The Morgan fingerprint density at radius 2 is 2.31 bits per heavy atom. The number of carbonyl (C=O) groups is 2. The summed E-state index contributed by atoms with van der Waals surface area (Å²) in [5, 5.41) is 11.4. The van der Waals surface area contributed by atoms with Crippen molar-refractivity contribution < 1.29 is 14.7 Å². The first-order chi connectivity index (χ1) is 7.70. The van der Waals surface area contributed by atoms with Crippen molar-refractivity contribution >= 4 is 11.8 Å². The molecule has 0 aromatic heterocycles. The molecule has 0 saturated carbocycles. The number of nitrogens with zero attached hydrogens (tertiary/aromatic N) is 1. The molecule has 0 spiro atoms. The number of piperazine rings is 1. The summed E-state index contributed by atoms with van der Waals surface area (Å²) in [5.74, 6) is -0.0283. The number of amides is 2. The zero-order chi connectivity index (χ0) is 12.0. The predicted octanol–water partition coefficient (Wildman–Crippen LogP) is -0.114. The van der Waals surface area contributed by atoms with E-state index in [9.17, 15) is 9.59 Å². The lowest BCUT2D eigenvalue weighted by atomic mass is 10.1. The van der Waals surface area contributed by atoms with E-state index in [1.165, 1.54) is 0 Å². The average molecular weight is 228 g/mol. The molecule has 5 nitrogen and oxygen atoms in total. The monoisotopic (exact) mass is 228 g/mol. The van der Waals surface area contributed by atoms with Gasteiger partial charge in [0, 0.05) is 26.1 Å². The highest BCUT2D eigenvalue weighted by atomic mass is 16.3. The van der Waals surface area contributed by atoms with Crippen LogP contribution in [0.3, 0.4) is 0 Å². The largest absolute Gasteiger partial charge is 0.396 e. The van der Waals surface area contributed by atoms with Crippen LogP contribution in [0.1, 0.15) is 32.6 Å². The first-order valence-electron chi connectivity index (χ1n) is 5.88. The van der Waals surface area contributed by atoms with E-state index in [-0.39, 0.29) is 24.5 Å². The van der Waals surface area contributed by atoms with Crippen LogP contribution in [0.15, 0.2) is 0 Å². The summed E-state index contributed by atoms with van der Waals surface area (Å²) < 4.78 is 0. The van der Waals surface area contributed by atoms with Gasteiger partial charge in [-0.2, -0.15) is 0 Å². The number of hydrogen-bond donors (Lipinski definition) is 2. The van der Waals surface area contributed by atoms with Crippen molar-refractivity contribution in [2.75, 3.05) is 19.7 Å². The molecule has 0 radical (unpaired) electrons. The summed E-state index contributed by atoms with van der Waals surface area (Å²) in [5.41, 5.74) is 0. The van der Waals surface area contributed by atoms with Crippen molar-refractivity contribution in [3.05, 3.63) is 0 Å². The summed E-state index contributed by atoms with van der Waals surface area (Å²) >= 11 is 0. The molecule has 1 atom stereocenters. The van der Waals surface area contributed by atoms with Crippen molar-refractivity contribution in [3.8, 4) is 0 Å². The van der Waals surface area contributed by atoms with Gasteiger partial charge in [0.25, 0.3) is 0 Å². The van der Waals surface area contributed by atoms with Gasteiger partial charge < -0.3 is 15.3 Å². The summed E-state index contributed by atoms with van der Waals surface area (Å²) in [6, 6.07) is -0.310. The molecule has 2 amide bonds. The maximum absolute atomic E-state index is 11.9. The van der Waals surface area contributed by atoms with E-state index in [1.807, 2.05) is 6.92 Å². The van der Waals surface area contributed by atoms with Gasteiger partial charge in [-0.05, 0) is 19.3 Å². The number of carbonyl (C=O) groups excluding carboxylic acids is 2. The minimum atomic E-state index is -0.310. The third-order valence-electron chi connectivity index (χ3n) is 2.84. The third kappa shape index (κ3) is 3.20. The maximum Gasteiger partial charge on any atom is 0.242 e. The normalized spacial score (nSPS) is 20.8. The van der Waals surface area contributed by atoms with Crippen LogP contribution in [-0.2, 0) is 9.59 Å². The van der Waals surface area contributed by atoms with E-state index < -0.39 is 0 Å². The van der Waals surface area contributed by atoms with Crippen LogP contribution in [0.2, 0.25) is 0 Å². The van der Waals surface area contributed by atoms with Crippen molar-refractivity contribution in [2.24, 2.45) is 0 Å². The molecule has 0 aromatic carbocycles. The van der Waals surface area contributed by atoms with Crippen LogP contribution in [0.5, 0.6) is 0 Å². The topological polar surface area (TPSA) is 69.6 Å². The molecule has 1 fully saturated rings. The lowest BCUT2D eigenvalue weighted by Crippen LogP contribution is -2.56. The molecule has 0 aliphatic carbocycles. The first kappa shape index (κ1) is 13.0. The SMILES string of the molecule is CCC1C(=O)NCCN1C(=O)CCCCO. The molecule has 16 heavy (non-hydrogen) atoms. The highest BCUT2D eigenvalue weighted by molar-refractivity contribution is 5.88. The van der Waals surface area contributed by atoms with Gasteiger partial charge in [0.05, 0.1) is 0 Å². The van der Waals surface area contributed by atoms with Gasteiger partial charge in [-0.15, -0.1) is 0 Å². The number of hydrogen-bond acceptors (Lipinski definition) is 3. The molecule has 1 unspecified atom stereocenters. The van der Waals surface area contributed by atoms with Crippen LogP contribution in [-0.4, -0.2) is 47.6 Å². The van der Waals surface area contributed by atoms with Gasteiger partial charge in [-0.3, -0.25) is 9.59 Å². The van der Waals surface area contributed by atoms with Crippen LogP contribution < -0.4 is 5.32 Å². The third-order valence-corrected chi connectivity index (χ3v) is 2.84. The van der Waals surface area contributed by atoms with Crippen LogP contribution in [0.4, 0.5) is 0 Å². The van der Waals surface area contributed by atoms with Crippen LogP contribution in [0, 0.1) is 0 Å². The van der Waals surface area contributed by atoms with Crippen molar-refractivity contribution in [2.45, 2.75) is 38.6 Å². The second-order valence-corrected chi connectivity index (χ2v) is 3.98. The molecule has 0 aromatic rings. The maximum atomic E-state index is 11.9. The summed E-state index contributed by atoms with van der Waals surface area (Å²) in [4.78, 5) is 25.0. The summed E-state index contributed by atoms with van der Waals surface area (Å²) in [6.45, 7) is 3.16. The van der Waals surface area contributed by atoms with Gasteiger partial charge in [0.15, 0.2) is 0 Å². The molecule has 5 heteroatoms. The van der Waals surface area contributed by atoms with Gasteiger partial charge in [-0.25, -0.2) is 0 Å². The van der Waals surface area contributed by atoms with E-state index in [4.69, 9.17) is 5.11 Å². The fourth-order valence-electron chi connectivity index (χ4n) is 1.95. The summed E-state index contributed by atoms with van der Waals surface area (Å²) in [6.07, 6.45) is 2.40. The number of aliphatic hydroxyl groups excluding tert-OH is 1. The molecule has 1 heterocycles. The van der Waals surface area contributed by atoms with Crippen molar-refractivity contribution in [1.29, 1.82) is 0 Å². The van der Waals surface area contributed by atoms with Gasteiger partial charge >= 0.3 is 0 Å². The van der Waals surface area contributed by atoms with Gasteiger partial charge in [-0.1, -0.05) is 6.92 Å². The molecule has 1 aliphatic rings. The van der Waals surface area contributed by atoms with Crippen LogP contribution >= 0.6 is 0 Å². The Kier molecular flexibility index (Phi) is 5.25. The Morgan fingerprint density at radius 3 is 2.94 bits per heavy atom. The first-order valence-corrected chi connectivity index (χ1v) is 5.88. The smallest absolute Gasteiger partial charge is 0.242 e. The Labute approximate surface area is 95.8 Å². The van der Waals surface area contributed by atoms with E-state index >= 15 is 0 Å².